The minimum absolute atomic E-state index is 0.221. The van der Waals surface area contributed by atoms with Gasteiger partial charge < -0.3 is 25.6 Å². The third-order valence-electron chi connectivity index (χ3n) is 4.63. The molecule has 8 nitrogen and oxygen atoms in total. The highest BCUT2D eigenvalue weighted by Gasteiger charge is 2.31. The number of nitrogens with one attached hydrogen (secondary N) is 2. The first-order chi connectivity index (χ1) is 12.5. The fraction of sp³-hybridized carbons (Fsp3) is 0.765. The van der Waals surface area contributed by atoms with Crippen LogP contribution in [0.2, 0.25) is 0 Å². The predicted octanol–water partition coefficient (Wildman–Crippen LogP) is -1.01. The van der Waals surface area contributed by atoms with Gasteiger partial charge >= 0.3 is 0 Å². The molecule has 26 heavy (non-hydrogen) atoms. The molecule has 0 aromatic carbocycles. The number of alkyl halides is 1. The normalized spacial score (nSPS) is 26.1. The van der Waals surface area contributed by atoms with Gasteiger partial charge in [-0.15, -0.1) is 11.6 Å². The van der Waals surface area contributed by atoms with E-state index >= 15 is 0 Å². The van der Waals surface area contributed by atoms with Crippen molar-refractivity contribution in [3.63, 3.8) is 0 Å². The topological polar surface area (TPSA) is 111 Å². The third kappa shape index (κ3) is 6.21. The SMILES string of the molecule is O=C(NCCCCl)C(O)C(O)C(=O)NC1C=CC(N2CCOCC2)CC1. The molecule has 4 atom stereocenters. The van der Waals surface area contributed by atoms with Crippen LogP contribution in [0.5, 0.6) is 0 Å². The van der Waals surface area contributed by atoms with Crippen LogP contribution in [0.15, 0.2) is 12.2 Å². The van der Waals surface area contributed by atoms with Crippen LogP contribution in [-0.2, 0) is 14.3 Å². The van der Waals surface area contributed by atoms with Crippen LogP contribution in [-0.4, -0.2) is 89.9 Å². The summed E-state index contributed by atoms with van der Waals surface area (Å²) < 4.78 is 5.35. The van der Waals surface area contributed by atoms with Crippen LogP contribution < -0.4 is 10.6 Å². The Balaban J connectivity index is 1.77. The van der Waals surface area contributed by atoms with Crippen molar-refractivity contribution in [3.05, 3.63) is 12.2 Å². The van der Waals surface area contributed by atoms with Gasteiger partial charge in [-0.05, 0) is 19.3 Å². The standard InChI is InChI=1S/C17H28ClN3O5/c18-6-1-7-19-16(24)14(22)15(23)17(25)20-12-2-4-13(5-3-12)21-8-10-26-11-9-21/h2,4,12-15,22-23H,1,3,5-11H2,(H,19,24)(H,20,25). The van der Waals surface area contributed by atoms with Crippen molar-refractivity contribution in [2.45, 2.75) is 43.6 Å². The highest BCUT2D eigenvalue weighted by molar-refractivity contribution is 6.17. The van der Waals surface area contributed by atoms with Crippen LogP contribution in [0.25, 0.3) is 0 Å². The summed E-state index contributed by atoms with van der Waals surface area (Å²) in [6.07, 6.45) is 2.51. The molecule has 2 rings (SSSR count). The summed E-state index contributed by atoms with van der Waals surface area (Å²) in [6.45, 7) is 3.55. The molecule has 0 spiro atoms. The molecule has 4 unspecified atom stereocenters. The first-order valence-corrected chi connectivity index (χ1v) is 9.56. The van der Waals surface area contributed by atoms with Gasteiger partial charge in [0.2, 0.25) is 0 Å². The number of carbonyl (C=O) groups is 2. The molecule has 2 amide bonds. The van der Waals surface area contributed by atoms with E-state index in [0.717, 1.165) is 39.1 Å². The minimum Gasteiger partial charge on any atom is -0.380 e. The fourth-order valence-electron chi connectivity index (χ4n) is 3.08. The number of ether oxygens (including phenoxy) is 1. The Kier molecular flexibility index (Phi) is 8.80. The summed E-state index contributed by atoms with van der Waals surface area (Å²) in [6, 6.07) is 0.108. The van der Waals surface area contributed by atoms with Gasteiger partial charge in [-0.3, -0.25) is 14.5 Å². The molecule has 0 aromatic heterocycles. The average Bonchev–Trinajstić information content (AvgIpc) is 2.68. The number of aliphatic hydroxyl groups is 2. The maximum atomic E-state index is 12.1. The van der Waals surface area contributed by atoms with Gasteiger partial charge in [-0.25, -0.2) is 0 Å². The summed E-state index contributed by atoms with van der Waals surface area (Å²) in [4.78, 5) is 26.1. The average molecular weight is 390 g/mol. The quantitative estimate of drug-likeness (QED) is 0.240. The van der Waals surface area contributed by atoms with Crippen LogP contribution in [0.4, 0.5) is 0 Å². The van der Waals surface area contributed by atoms with Gasteiger partial charge in [0.25, 0.3) is 11.8 Å². The molecule has 1 heterocycles. The van der Waals surface area contributed by atoms with Crippen molar-refractivity contribution in [2.24, 2.45) is 0 Å². The molecule has 148 valence electrons. The number of halogens is 1. The number of aliphatic hydroxyl groups excluding tert-OH is 2. The number of hydrogen-bond donors (Lipinski definition) is 4. The van der Waals surface area contributed by atoms with Gasteiger partial charge in [-0.2, -0.15) is 0 Å². The molecule has 9 heteroatoms. The Labute approximate surface area is 158 Å². The summed E-state index contributed by atoms with van der Waals surface area (Å²) in [7, 11) is 0. The maximum Gasteiger partial charge on any atom is 0.252 e. The lowest BCUT2D eigenvalue weighted by Crippen LogP contribution is -2.52. The smallest absolute Gasteiger partial charge is 0.252 e. The Morgan fingerprint density at radius 1 is 1.15 bits per heavy atom. The van der Waals surface area contributed by atoms with E-state index in [0.29, 0.717) is 18.3 Å². The molecule has 0 radical (unpaired) electrons. The first kappa shape index (κ1) is 21.1. The van der Waals surface area contributed by atoms with Crippen LogP contribution in [0.1, 0.15) is 19.3 Å². The third-order valence-corrected chi connectivity index (χ3v) is 4.89. The number of morpholine rings is 1. The Bertz CT molecular complexity index is 499. The van der Waals surface area contributed by atoms with E-state index < -0.39 is 24.0 Å². The van der Waals surface area contributed by atoms with E-state index in [-0.39, 0.29) is 12.6 Å². The lowest BCUT2D eigenvalue weighted by molar-refractivity contribution is -0.146. The number of nitrogens with zero attached hydrogens (tertiary/aromatic N) is 1. The van der Waals surface area contributed by atoms with Gasteiger partial charge in [0.1, 0.15) is 0 Å². The molecule has 0 aromatic rings. The molecule has 1 saturated heterocycles. The maximum absolute atomic E-state index is 12.1. The summed E-state index contributed by atoms with van der Waals surface area (Å²) in [5.41, 5.74) is 0. The van der Waals surface area contributed by atoms with Gasteiger partial charge in [-0.1, -0.05) is 12.2 Å². The van der Waals surface area contributed by atoms with Gasteiger partial charge in [0.15, 0.2) is 12.2 Å². The lowest BCUT2D eigenvalue weighted by Gasteiger charge is -2.35. The zero-order valence-corrected chi connectivity index (χ0v) is 15.5. The predicted molar refractivity (Wildman–Crippen MR) is 96.8 cm³/mol. The lowest BCUT2D eigenvalue weighted by atomic mass is 9.96. The Morgan fingerprint density at radius 3 is 2.46 bits per heavy atom. The minimum atomic E-state index is -1.81. The number of rotatable bonds is 8. The summed E-state index contributed by atoms with van der Waals surface area (Å²) >= 11 is 5.50. The number of carbonyl (C=O) groups excluding carboxylic acids is 2. The van der Waals surface area contributed by atoms with Gasteiger partial charge in [0.05, 0.1) is 13.2 Å². The second-order valence-corrected chi connectivity index (χ2v) is 6.89. The van der Waals surface area contributed by atoms with Crippen molar-refractivity contribution in [1.82, 2.24) is 15.5 Å². The second-order valence-electron chi connectivity index (χ2n) is 6.52. The van der Waals surface area contributed by atoms with Crippen LogP contribution >= 0.6 is 11.6 Å². The fourth-order valence-corrected chi connectivity index (χ4v) is 3.21. The zero-order valence-electron chi connectivity index (χ0n) is 14.8. The first-order valence-electron chi connectivity index (χ1n) is 9.03. The van der Waals surface area contributed by atoms with E-state index in [2.05, 4.69) is 21.6 Å². The van der Waals surface area contributed by atoms with E-state index in [1.165, 1.54) is 0 Å². The van der Waals surface area contributed by atoms with Crippen molar-refractivity contribution >= 4 is 23.4 Å². The van der Waals surface area contributed by atoms with E-state index in [4.69, 9.17) is 16.3 Å². The molecule has 1 fully saturated rings. The molecule has 4 N–H and O–H groups in total. The van der Waals surface area contributed by atoms with E-state index in [1.54, 1.807) is 0 Å². The highest BCUT2D eigenvalue weighted by atomic mass is 35.5. The van der Waals surface area contributed by atoms with Crippen molar-refractivity contribution in [2.75, 3.05) is 38.7 Å². The van der Waals surface area contributed by atoms with E-state index in [1.807, 2.05) is 6.08 Å². The van der Waals surface area contributed by atoms with E-state index in [9.17, 15) is 19.8 Å². The molecular weight excluding hydrogens is 362 g/mol. The molecule has 1 aliphatic heterocycles. The van der Waals surface area contributed by atoms with Gasteiger partial charge in [0, 0.05) is 37.6 Å². The summed E-state index contributed by atoms with van der Waals surface area (Å²) in [5.74, 6) is -1.17. The van der Waals surface area contributed by atoms with Crippen molar-refractivity contribution in [1.29, 1.82) is 0 Å². The second kappa shape index (κ2) is 10.8. The monoisotopic (exact) mass is 389 g/mol. The van der Waals surface area contributed by atoms with Crippen LogP contribution in [0.3, 0.4) is 0 Å². The Hall–Kier alpha value is -1.19. The number of hydrogen-bond acceptors (Lipinski definition) is 6. The van der Waals surface area contributed by atoms with Crippen molar-refractivity contribution in [3.8, 4) is 0 Å². The molecular formula is C17H28ClN3O5. The molecule has 2 aliphatic rings. The Morgan fingerprint density at radius 2 is 1.85 bits per heavy atom. The molecule has 1 aliphatic carbocycles. The highest BCUT2D eigenvalue weighted by Crippen LogP contribution is 2.18. The van der Waals surface area contributed by atoms with Crippen LogP contribution in [0, 0.1) is 0 Å². The van der Waals surface area contributed by atoms with Crippen molar-refractivity contribution < 1.29 is 24.5 Å². The summed E-state index contributed by atoms with van der Waals surface area (Å²) in [5, 5.41) is 24.8. The molecule has 0 bridgehead atoms. The largest absolute Gasteiger partial charge is 0.380 e. The zero-order chi connectivity index (χ0) is 18.9. The molecule has 0 saturated carbocycles. The number of amides is 2.